The Morgan fingerprint density at radius 3 is 2.80 bits per heavy atom. The van der Waals surface area contributed by atoms with Crippen molar-refractivity contribution < 1.29 is 9.90 Å². The third kappa shape index (κ3) is 3.00. The average molecular weight is 294 g/mol. The molecule has 1 amide bonds. The Hall–Kier alpha value is -1.85. The van der Waals surface area contributed by atoms with E-state index in [0.717, 1.165) is 5.69 Å². The molecule has 0 aliphatic heterocycles. The van der Waals surface area contributed by atoms with E-state index >= 15 is 0 Å². The minimum absolute atomic E-state index is 0.0941. The number of amides is 1. The fourth-order valence-corrected chi connectivity index (χ4v) is 2.12. The molecule has 0 saturated heterocycles. The highest BCUT2D eigenvalue weighted by Crippen LogP contribution is 2.21. The normalized spacial score (nSPS) is 12.2. The van der Waals surface area contributed by atoms with Crippen LogP contribution >= 0.6 is 11.6 Å². The number of carbonyl (C=O) groups excluding carboxylic acids is 1. The number of rotatable bonds is 4. The van der Waals surface area contributed by atoms with E-state index < -0.39 is 6.10 Å². The van der Waals surface area contributed by atoms with Crippen LogP contribution in [0.5, 0.6) is 0 Å². The molecule has 0 radical (unpaired) electrons. The number of benzene rings is 1. The number of aliphatic hydroxyl groups excluding tert-OH is 1. The minimum atomic E-state index is -0.843. The molecule has 1 heterocycles. The number of nitrogens with zero attached hydrogens (tertiary/aromatic N) is 2. The van der Waals surface area contributed by atoms with Crippen molar-refractivity contribution in [3.63, 3.8) is 0 Å². The van der Waals surface area contributed by atoms with Crippen molar-refractivity contribution in [3.8, 4) is 0 Å². The van der Waals surface area contributed by atoms with Crippen molar-refractivity contribution in [1.29, 1.82) is 0 Å². The number of aromatic nitrogens is 2. The maximum absolute atomic E-state index is 12.0. The van der Waals surface area contributed by atoms with E-state index in [1.165, 1.54) is 6.20 Å². The van der Waals surface area contributed by atoms with E-state index in [9.17, 15) is 9.90 Å². The molecule has 1 aromatic heterocycles. The second-order valence-corrected chi connectivity index (χ2v) is 4.92. The fraction of sp³-hybridized carbons (Fsp3) is 0.286. The van der Waals surface area contributed by atoms with Gasteiger partial charge in [-0.1, -0.05) is 29.8 Å². The number of aliphatic hydroxyl groups is 1. The van der Waals surface area contributed by atoms with Crippen molar-refractivity contribution in [1.82, 2.24) is 15.1 Å². The summed E-state index contributed by atoms with van der Waals surface area (Å²) >= 11 is 5.99. The first-order valence-electron chi connectivity index (χ1n) is 6.20. The Kier molecular flexibility index (Phi) is 4.42. The van der Waals surface area contributed by atoms with Crippen molar-refractivity contribution in [2.24, 2.45) is 7.05 Å². The van der Waals surface area contributed by atoms with Crippen LogP contribution in [-0.2, 0) is 7.05 Å². The molecule has 0 fully saturated rings. The molecule has 0 spiro atoms. The fourth-order valence-electron chi connectivity index (χ4n) is 1.86. The molecule has 5 nitrogen and oxygen atoms in total. The molecule has 106 valence electrons. The summed E-state index contributed by atoms with van der Waals surface area (Å²) in [6.07, 6.45) is 0.664. The maximum Gasteiger partial charge on any atom is 0.254 e. The molecular formula is C14H16ClN3O2. The van der Waals surface area contributed by atoms with Gasteiger partial charge in [-0.15, -0.1) is 0 Å². The number of carbonyl (C=O) groups is 1. The van der Waals surface area contributed by atoms with Gasteiger partial charge in [0.05, 0.1) is 17.9 Å². The van der Waals surface area contributed by atoms with Gasteiger partial charge in [-0.2, -0.15) is 5.10 Å². The highest BCUT2D eigenvalue weighted by atomic mass is 35.5. The van der Waals surface area contributed by atoms with Gasteiger partial charge in [0.25, 0.3) is 5.91 Å². The molecule has 2 rings (SSSR count). The van der Waals surface area contributed by atoms with Gasteiger partial charge in [0.2, 0.25) is 0 Å². The highest BCUT2D eigenvalue weighted by Gasteiger charge is 2.16. The summed E-state index contributed by atoms with van der Waals surface area (Å²) < 4.78 is 1.62. The van der Waals surface area contributed by atoms with E-state index in [4.69, 9.17) is 11.6 Å². The largest absolute Gasteiger partial charge is 0.387 e. The second kappa shape index (κ2) is 6.07. The van der Waals surface area contributed by atoms with Crippen LogP contribution in [0.4, 0.5) is 0 Å². The van der Waals surface area contributed by atoms with Crippen LogP contribution in [0.15, 0.2) is 30.5 Å². The topological polar surface area (TPSA) is 67.2 Å². The number of hydrogen-bond donors (Lipinski definition) is 2. The quantitative estimate of drug-likeness (QED) is 0.904. The van der Waals surface area contributed by atoms with Gasteiger partial charge in [-0.25, -0.2) is 0 Å². The molecule has 6 heteroatoms. The molecule has 0 aliphatic rings. The Balaban J connectivity index is 2.00. The Labute approximate surface area is 122 Å². The first-order chi connectivity index (χ1) is 9.50. The van der Waals surface area contributed by atoms with E-state index in [0.29, 0.717) is 16.1 Å². The van der Waals surface area contributed by atoms with E-state index in [-0.39, 0.29) is 12.5 Å². The number of aryl methyl sites for hydroxylation is 1. The summed E-state index contributed by atoms with van der Waals surface area (Å²) in [6.45, 7) is 1.91. The van der Waals surface area contributed by atoms with Gasteiger partial charge in [-0.05, 0) is 13.0 Å². The summed E-state index contributed by atoms with van der Waals surface area (Å²) in [7, 11) is 1.77. The van der Waals surface area contributed by atoms with Crippen LogP contribution in [0.25, 0.3) is 0 Å². The van der Waals surface area contributed by atoms with Crippen molar-refractivity contribution in [2.75, 3.05) is 6.54 Å². The van der Waals surface area contributed by atoms with Gasteiger partial charge in [0.1, 0.15) is 0 Å². The van der Waals surface area contributed by atoms with Gasteiger partial charge in [-0.3, -0.25) is 9.48 Å². The Morgan fingerprint density at radius 2 is 2.20 bits per heavy atom. The van der Waals surface area contributed by atoms with Gasteiger partial charge < -0.3 is 10.4 Å². The lowest BCUT2D eigenvalue weighted by Crippen LogP contribution is -2.28. The average Bonchev–Trinajstić information content (AvgIpc) is 2.76. The summed E-state index contributed by atoms with van der Waals surface area (Å²) in [5, 5.41) is 17.2. The minimum Gasteiger partial charge on any atom is -0.387 e. The number of halogens is 1. The summed E-state index contributed by atoms with van der Waals surface area (Å²) in [5.41, 5.74) is 1.87. The first kappa shape index (κ1) is 14.6. The predicted molar refractivity (Wildman–Crippen MR) is 76.7 cm³/mol. The van der Waals surface area contributed by atoms with E-state index in [1.54, 1.807) is 36.0 Å². The van der Waals surface area contributed by atoms with Gasteiger partial charge >= 0.3 is 0 Å². The summed E-state index contributed by atoms with van der Waals surface area (Å²) in [4.78, 5) is 12.0. The number of nitrogens with one attached hydrogen (secondary N) is 1. The molecule has 2 N–H and O–H groups in total. The van der Waals surface area contributed by atoms with Crippen molar-refractivity contribution >= 4 is 17.5 Å². The van der Waals surface area contributed by atoms with Crippen LogP contribution in [0.3, 0.4) is 0 Å². The van der Waals surface area contributed by atoms with E-state index in [2.05, 4.69) is 10.4 Å². The summed E-state index contributed by atoms with van der Waals surface area (Å²) in [5.74, 6) is -0.262. The molecule has 1 aromatic carbocycles. The van der Waals surface area contributed by atoms with Crippen LogP contribution in [0.1, 0.15) is 27.7 Å². The molecule has 0 aliphatic carbocycles. The highest BCUT2D eigenvalue weighted by molar-refractivity contribution is 6.31. The zero-order valence-electron chi connectivity index (χ0n) is 11.3. The molecule has 0 bridgehead atoms. The van der Waals surface area contributed by atoms with Crippen LogP contribution < -0.4 is 5.32 Å². The molecular weight excluding hydrogens is 278 g/mol. The van der Waals surface area contributed by atoms with Gasteiger partial charge in [0, 0.05) is 29.9 Å². The lowest BCUT2D eigenvalue weighted by atomic mass is 10.1. The SMILES string of the molecule is Cc1c(C(=O)NCC(O)c2ccccc2Cl)cnn1C. The third-order valence-electron chi connectivity index (χ3n) is 3.20. The standard InChI is InChI=1S/C14H16ClN3O2/c1-9-11(7-17-18(9)2)14(20)16-8-13(19)10-5-3-4-6-12(10)15/h3-7,13,19H,8H2,1-2H3,(H,16,20). The molecule has 2 aromatic rings. The van der Waals surface area contributed by atoms with Crippen LogP contribution in [0.2, 0.25) is 5.02 Å². The summed E-state index contributed by atoms with van der Waals surface area (Å²) in [6, 6.07) is 7.01. The van der Waals surface area contributed by atoms with Crippen LogP contribution in [-0.4, -0.2) is 27.3 Å². The predicted octanol–water partition coefficient (Wildman–Crippen LogP) is 1.85. The third-order valence-corrected chi connectivity index (χ3v) is 3.54. The zero-order chi connectivity index (χ0) is 14.7. The zero-order valence-corrected chi connectivity index (χ0v) is 12.1. The van der Waals surface area contributed by atoms with Crippen molar-refractivity contribution in [3.05, 3.63) is 52.3 Å². The number of hydrogen-bond acceptors (Lipinski definition) is 3. The monoisotopic (exact) mass is 293 g/mol. The van der Waals surface area contributed by atoms with Crippen molar-refractivity contribution in [2.45, 2.75) is 13.0 Å². The molecule has 20 heavy (non-hydrogen) atoms. The van der Waals surface area contributed by atoms with Gasteiger partial charge in [0.15, 0.2) is 0 Å². The lowest BCUT2D eigenvalue weighted by molar-refractivity contribution is 0.0915. The Bertz CT molecular complexity index is 625. The molecule has 0 saturated carbocycles. The van der Waals surface area contributed by atoms with Crippen LogP contribution in [0, 0.1) is 6.92 Å². The molecule has 1 atom stereocenters. The van der Waals surface area contributed by atoms with E-state index in [1.807, 2.05) is 6.92 Å². The smallest absolute Gasteiger partial charge is 0.254 e. The maximum atomic E-state index is 12.0. The molecule has 1 unspecified atom stereocenters. The second-order valence-electron chi connectivity index (χ2n) is 4.51. The Morgan fingerprint density at radius 1 is 1.50 bits per heavy atom. The first-order valence-corrected chi connectivity index (χ1v) is 6.57. The lowest BCUT2D eigenvalue weighted by Gasteiger charge is -2.13.